The molecule has 1 aromatic carbocycles. The lowest BCUT2D eigenvalue weighted by atomic mass is 10.3. The van der Waals surface area contributed by atoms with Gasteiger partial charge in [-0.25, -0.2) is 0 Å². The summed E-state index contributed by atoms with van der Waals surface area (Å²) in [7, 11) is 0. The maximum absolute atomic E-state index is 5.76. The third-order valence-electron chi connectivity index (χ3n) is 2.78. The van der Waals surface area contributed by atoms with Gasteiger partial charge in [0.2, 0.25) is 0 Å². The number of ether oxygens (including phenoxy) is 5. The second-order valence-corrected chi connectivity index (χ2v) is 4.62. The molecule has 0 saturated heterocycles. The number of benzene rings is 1. The summed E-state index contributed by atoms with van der Waals surface area (Å²) in [5.74, 6) is 0.681. The molecule has 0 atom stereocenters. The van der Waals surface area contributed by atoms with E-state index >= 15 is 0 Å². The fourth-order valence-electron chi connectivity index (χ4n) is 1.67. The Morgan fingerprint density at radius 3 is 1.65 bits per heavy atom. The number of hydrogen-bond donors (Lipinski definition) is 2. The van der Waals surface area contributed by atoms with Gasteiger partial charge in [0, 0.05) is 6.54 Å². The summed E-state index contributed by atoms with van der Waals surface area (Å²) in [4.78, 5) is 0. The van der Waals surface area contributed by atoms with E-state index in [0.717, 1.165) is 0 Å². The van der Waals surface area contributed by atoms with E-state index in [1.807, 2.05) is 18.2 Å². The van der Waals surface area contributed by atoms with Crippen LogP contribution >= 0.6 is 0 Å². The van der Waals surface area contributed by atoms with Gasteiger partial charge in [0.05, 0.1) is 58.5 Å². The monoisotopic (exact) mass is 328 g/mol. The number of anilines is 1. The molecule has 1 rings (SSSR count). The zero-order valence-electron chi connectivity index (χ0n) is 13.6. The fourth-order valence-corrected chi connectivity index (χ4v) is 1.67. The van der Waals surface area contributed by atoms with Crippen molar-refractivity contribution in [1.29, 1.82) is 0 Å². The minimum atomic E-state index is 0.458. The molecular weight excluding hydrogens is 300 g/mol. The topological polar surface area (TPSA) is 98.2 Å². The number of nitrogens with two attached hydrogens (primary N) is 2. The highest BCUT2D eigenvalue weighted by atomic mass is 16.6. The van der Waals surface area contributed by atoms with Gasteiger partial charge in [-0.15, -0.1) is 0 Å². The first-order chi connectivity index (χ1) is 11.3. The third kappa shape index (κ3) is 10.9. The molecule has 0 radical (unpaired) electrons. The average Bonchev–Trinajstić information content (AvgIpc) is 2.57. The van der Waals surface area contributed by atoms with Gasteiger partial charge in [0.1, 0.15) is 12.4 Å². The summed E-state index contributed by atoms with van der Waals surface area (Å²) >= 11 is 0. The molecule has 0 fully saturated rings. The summed E-state index contributed by atoms with van der Waals surface area (Å²) < 4.78 is 26.8. The Hall–Kier alpha value is -1.38. The maximum Gasteiger partial charge on any atom is 0.142 e. The van der Waals surface area contributed by atoms with Crippen LogP contribution in [0.25, 0.3) is 0 Å². The molecule has 0 aliphatic heterocycles. The summed E-state index contributed by atoms with van der Waals surface area (Å²) in [6.07, 6.45) is 0. The summed E-state index contributed by atoms with van der Waals surface area (Å²) in [5, 5.41) is 0. The van der Waals surface area contributed by atoms with Crippen LogP contribution in [-0.2, 0) is 18.9 Å². The van der Waals surface area contributed by atoms with E-state index in [1.54, 1.807) is 6.07 Å². The van der Waals surface area contributed by atoms with Crippen molar-refractivity contribution in [3.8, 4) is 5.75 Å². The van der Waals surface area contributed by atoms with E-state index in [-0.39, 0.29) is 0 Å². The van der Waals surface area contributed by atoms with Gasteiger partial charge in [0.25, 0.3) is 0 Å². The Kier molecular flexibility index (Phi) is 12.2. The van der Waals surface area contributed by atoms with Crippen LogP contribution in [0, 0.1) is 0 Å². The molecule has 23 heavy (non-hydrogen) atoms. The molecule has 1 aromatic rings. The molecule has 0 saturated carbocycles. The second-order valence-electron chi connectivity index (χ2n) is 4.62. The molecule has 0 aliphatic carbocycles. The van der Waals surface area contributed by atoms with Crippen molar-refractivity contribution < 1.29 is 23.7 Å². The molecule has 0 heterocycles. The second kappa shape index (κ2) is 14.2. The highest BCUT2D eigenvalue weighted by molar-refractivity contribution is 5.51. The third-order valence-corrected chi connectivity index (χ3v) is 2.78. The molecule has 0 amide bonds. The Morgan fingerprint density at radius 2 is 1.13 bits per heavy atom. The van der Waals surface area contributed by atoms with E-state index in [2.05, 4.69) is 0 Å². The Morgan fingerprint density at radius 1 is 0.652 bits per heavy atom. The van der Waals surface area contributed by atoms with E-state index in [0.29, 0.717) is 77.4 Å². The van der Waals surface area contributed by atoms with E-state index in [9.17, 15) is 0 Å². The van der Waals surface area contributed by atoms with Gasteiger partial charge in [-0.1, -0.05) is 12.1 Å². The molecule has 0 spiro atoms. The minimum absolute atomic E-state index is 0.458. The zero-order chi connectivity index (χ0) is 16.6. The van der Waals surface area contributed by atoms with Crippen LogP contribution in [0.1, 0.15) is 0 Å². The Balaban J connectivity index is 1.79. The van der Waals surface area contributed by atoms with E-state index < -0.39 is 0 Å². The first-order valence-corrected chi connectivity index (χ1v) is 7.83. The van der Waals surface area contributed by atoms with Crippen LogP contribution in [-0.4, -0.2) is 66.0 Å². The van der Waals surface area contributed by atoms with Crippen molar-refractivity contribution in [2.45, 2.75) is 0 Å². The van der Waals surface area contributed by atoms with Gasteiger partial charge in [-0.3, -0.25) is 0 Å². The van der Waals surface area contributed by atoms with E-state index in [1.165, 1.54) is 0 Å². The fraction of sp³-hybridized carbons (Fsp3) is 0.625. The lowest BCUT2D eigenvalue weighted by molar-refractivity contribution is -0.00384. The Labute approximate surface area is 137 Å². The highest BCUT2D eigenvalue weighted by Crippen LogP contribution is 2.19. The van der Waals surface area contributed by atoms with Crippen LogP contribution in [0.2, 0.25) is 0 Å². The van der Waals surface area contributed by atoms with Crippen LogP contribution in [0.15, 0.2) is 24.3 Å². The van der Waals surface area contributed by atoms with Gasteiger partial charge >= 0.3 is 0 Å². The number of nitrogen functional groups attached to an aromatic ring is 1. The molecule has 4 N–H and O–H groups in total. The van der Waals surface area contributed by atoms with Crippen LogP contribution in [0.4, 0.5) is 5.69 Å². The molecule has 0 bridgehead atoms. The van der Waals surface area contributed by atoms with E-state index in [4.69, 9.17) is 35.2 Å². The van der Waals surface area contributed by atoms with Gasteiger partial charge in [-0.2, -0.15) is 0 Å². The smallest absolute Gasteiger partial charge is 0.142 e. The highest BCUT2D eigenvalue weighted by Gasteiger charge is 1.98. The van der Waals surface area contributed by atoms with Crippen molar-refractivity contribution in [2.75, 3.05) is 71.7 Å². The molecule has 7 heteroatoms. The van der Waals surface area contributed by atoms with Crippen LogP contribution in [0.3, 0.4) is 0 Å². The predicted octanol–water partition coefficient (Wildman–Crippen LogP) is 0.673. The van der Waals surface area contributed by atoms with Crippen molar-refractivity contribution in [2.24, 2.45) is 5.73 Å². The summed E-state index contributed by atoms with van der Waals surface area (Å²) in [6, 6.07) is 7.38. The zero-order valence-corrected chi connectivity index (χ0v) is 13.6. The van der Waals surface area contributed by atoms with Crippen LogP contribution < -0.4 is 16.2 Å². The SMILES string of the molecule is NCCOCCOCCOCCOCCOc1ccccc1N. The van der Waals surface area contributed by atoms with Gasteiger partial charge in [-0.05, 0) is 12.1 Å². The Bertz CT molecular complexity index is 392. The molecule has 0 aliphatic rings. The van der Waals surface area contributed by atoms with Crippen LogP contribution in [0.5, 0.6) is 5.75 Å². The largest absolute Gasteiger partial charge is 0.489 e. The van der Waals surface area contributed by atoms with Crippen molar-refractivity contribution in [3.63, 3.8) is 0 Å². The quantitative estimate of drug-likeness (QED) is 0.361. The maximum atomic E-state index is 5.76. The predicted molar refractivity (Wildman–Crippen MR) is 88.7 cm³/mol. The molecular formula is C16H28N2O5. The first-order valence-electron chi connectivity index (χ1n) is 7.83. The van der Waals surface area contributed by atoms with Crippen molar-refractivity contribution in [3.05, 3.63) is 24.3 Å². The molecule has 0 aromatic heterocycles. The van der Waals surface area contributed by atoms with Gasteiger partial charge < -0.3 is 35.2 Å². The lowest BCUT2D eigenvalue weighted by Crippen LogP contribution is -2.15. The standard InChI is InChI=1S/C16H28N2O5/c17-5-6-19-7-8-20-9-10-21-11-12-22-13-14-23-16-4-2-1-3-15(16)18/h1-4H,5-14,17-18H2. The molecule has 132 valence electrons. The number of para-hydroxylation sites is 2. The average molecular weight is 328 g/mol. The number of rotatable bonds is 15. The normalized spacial score (nSPS) is 10.8. The summed E-state index contributed by atoms with van der Waals surface area (Å²) in [5.41, 5.74) is 11.7. The molecule has 0 unspecified atom stereocenters. The minimum Gasteiger partial charge on any atom is -0.489 e. The lowest BCUT2D eigenvalue weighted by Gasteiger charge is -2.09. The molecule has 7 nitrogen and oxygen atoms in total. The van der Waals surface area contributed by atoms with Crippen molar-refractivity contribution >= 4 is 5.69 Å². The first kappa shape index (κ1) is 19.7. The number of hydrogen-bond acceptors (Lipinski definition) is 7. The van der Waals surface area contributed by atoms with Gasteiger partial charge in [0.15, 0.2) is 0 Å². The van der Waals surface area contributed by atoms with Crippen molar-refractivity contribution in [1.82, 2.24) is 0 Å². The summed E-state index contributed by atoms with van der Waals surface area (Å²) in [6.45, 7) is 5.30.